The molecule has 2 unspecified atom stereocenters. The number of hydrogen-bond donors (Lipinski definition) is 3. The van der Waals surface area contributed by atoms with E-state index in [1.54, 1.807) is 11.3 Å². The number of rotatable bonds is 5. The summed E-state index contributed by atoms with van der Waals surface area (Å²) in [4.78, 5) is 19.4. The van der Waals surface area contributed by atoms with E-state index in [4.69, 9.17) is 5.73 Å². The van der Waals surface area contributed by atoms with E-state index in [0.29, 0.717) is 11.0 Å². The molecule has 1 aliphatic heterocycles. The highest BCUT2D eigenvalue weighted by Gasteiger charge is 2.27. The lowest BCUT2D eigenvalue weighted by Gasteiger charge is -2.37. The number of piperidine rings is 1. The number of nitrogens with zero attached hydrogens (tertiary/aromatic N) is 2. The van der Waals surface area contributed by atoms with E-state index in [9.17, 15) is 4.79 Å². The Labute approximate surface area is 130 Å². The number of nitrogens with one attached hydrogen (secondary N) is 2. The van der Waals surface area contributed by atoms with Crippen LogP contribution in [0.25, 0.3) is 0 Å². The van der Waals surface area contributed by atoms with Crippen molar-refractivity contribution in [1.82, 2.24) is 20.5 Å². The van der Waals surface area contributed by atoms with Gasteiger partial charge in [-0.25, -0.2) is 9.78 Å². The van der Waals surface area contributed by atoms with Gasteiger partial charge in [0.15, 0.2) is 5.13 Å². The first kappa shape index (κ1) is 16.0. The summed E-state index contributed by atoms with van der Waals surface area (Å²) in [5.41, 5.74) is 5.66. The van der Waals surface area contributed by atoms with Gasteiger partial charge in [-0.15, -0.1) is 11.3 Å². The molecular weight excluding hydrogens is 286 g/mol. The van der Waals surface area contributed by atoms with E-state index in [0.717, 1.165) is 39.0 Å². The Kier molecular flexibility index (Phi) is 5.81. The second-order valence-electron chi connectivity index (χ2n) is 5.67. The molecule has 4 N–H and O–H groups in total. The molecule has 1 fully saturated rings. The van der Waals surface area contributed by atoms with Crippen molar-refractivity contribution in [3.8, 4) is 0 Å². The number of likely N-dealkylation sites (tertiary alicyclic amines) is 1. The Morgan fingerprint density at radius 2 is 2.43 bits per heavy atom. The van der Waals surface area contributed by atoms with Gasteiger partial charge in [0.05, 0.1) is 0 Å². The average molecular weight is 311 g/mol. The van der Waals surface area contributed by atoms with Crippen molar-refractivity contribution in [1.29, 1.82) is 0 Å². The maximum absolute atomic E-state index is 11.7. The fourth-order valence-corrected chi connectivity index (χ4v) is 3.39. The van der Waals surface area contributed by atoms with E-state index >= 15 is 0 Å². The Bertz CT molecular complexity index is 464. The smallest absolute Gasteiger partial charge is 0.315 e. The van der Waals surface area contributed by atoms with Crippen LogP contribution in [0.2, 0.25) is 0 Å². The first-order valence-electron chi connectivity index (χ1n) is 7.55. The summed E-state index contributed by atoms with van der Waals surface area (Å²) in [6.45, 7) is 7.84. The first-order valence-corrected chi connectivity index (χ1v) is 8.37. The lowest BCUT2D eigenvalue weighted by atomic mass is 9.94. The minimum atomic E-state index is -0.0441. The van der Waals surface area contributed by atoms with Crippen LogP contribution < -0.4 is 16.4 Å². The minimum Gasteiger partial charge on any atom is -0.375 e. The van der Waals surface area contributed by atoms with Crippen LogP contribution in [0.5, 0.6) is 0 Å². The summed E-state index contributed by atoms with van der Waals surface area (Å²) in [5.74, 6) is 0.441. The Hall–Kier alpha value is -1.34. The molecule has 0 aromatic carbocycles. The van der Waals surface area contributed by atoms with E-state index in [-0.39, 0.29) is 12.1 Å². The molecule has 0 saturated carbocycles. The third-order valence-electron chi connectivity index (χ3n) is 3.79. The molecule has 1 aromatic rings. The van der Waals surface area contributed by atoms with Gasteiger partial charge in [0.25, 0.3) is 0 Å². The predicted octanol–water partition coefficient (Wildman–Crippen LogP) is 1.64. The van der Waals surface area contributed by atoms with E-state index in [1.165, 1.54) is 4.88 Å². The van der Waals surface area contributed by atoms with Gasteiger partial charge < -0.3 is 16.4 Å². The summed E-state index contributed by atoms with van der Waals surface area (Å²) in [6.07, 6.45) is 3.79. The highest BCUT2D eigenvalue weighted by molar-refractivity contribution is 7.15. The average Bonchev–Trinajstić information content (AvgIpc) is 2.85. The molecule has 21 heavy (non-hydrogen) atoms. The van der Waals surface area contributed by atoms with E-state index < -0.39 is 0 Å². The van der Waals surface area contributed by atoms with E-state index in [1.807, 2.05) is 13.1 Å². The summed E-state index contributed by atoms with van der Waals surface area (Å²) in [5, 5.41) is 6.58. The van der Waals surface area contributed by atoms with Crippen molar-refractivity contribution in [2.24, 2.45) is 5.92 Å². The number of thiazole rings is 1. The van der Waals surface area contributed by atoms with Crippen molar-refractivity contribution < 1.29 is 4.79 Å². The lowest BCUT2D eigenvalue weighted by molar-refractivity contribution is 0.143. The highest BCUT2D eigenvalue weighted by Crippen LogP contribution is 2.22. The number of nitrogen functional groups attached to an aromatic ring is 1. The topological polar surface area (TPSA) is 83.3 Å². The van der Waals surface area contributed by atoms with Gasteiger partial charge in [-0.1, -0.05) is 13.8 Å². The summed E-state index contributed by atoms with van der Waals surface area (Å²) >= 11 is 1.55. The van der Waals surface area contributed by atoms with E-state index in [2.05, 4.69) is 27.4 Å². The molecule has 0 radical (unpaired) electrons. The van der Waals surface area contributed by atoms with Gasteiger partial charge in [-0.3, -0.25) is 4.90 Å². The molecule has 0 bridgehead atoms. The van der Waals surface area contributed by atoms with Gasteiger partial charge in [0.1, 0.15) is 0 Å². The minimum absolute atomic E-state index is 0.0441. The molecule has 2 atom stereocenters. The molecule has 118 valence electrons. The van der Waals surface area contributed by atoms with Crippen LogP contribution in [-0.2, 0) is 6.54 Å². The SMILES string of the molecule is CCCNC(=O)NC1CCN(Cc2cnc(N)s2)CC1C. The van der Waals surface area contributed by atoms with Crippen LogP contribution in [0.1, 0.15) is 31.6 Å². The Balaban J connectivity index is 1.77. The molecule has 1 aliphatic rings. The molecule has 2 amide bonds. The zero-order chi connectivity index (χ0) is 15.2. The normalized spacial score (nSPS) is 23.0. The predicted molar refractivity (Wildman–Crippen MR) is 86.2 cm³/mol. The second kappa shape index (κ2) is 7.61. The number of amides is 2. The largest absolute Gasteiger partial charge is 0.375 e. The van der Waals surface area contributed by atoms with Crippen LogP contribution in [-0.4, -0.2) is 41.6 Å². The number of urea groups is 1. The highest BCUT2D eigenvalue weighted by atomic mass is 32.1. The lowest BCUT2D eigenvalue weighted by Crippen LogP contribution is -2.52. The van der Waals surface area contributed by atoms with Crippen LogP contribution in [0.3, 0.4) is 0 Å². The van der Waals surface area contributed by atoms with Crippen molar-refractivity contribution in [3.05, 3.63) is 11.1 Å². The molecule has 1 saturated heterocycles. The van der Waals surface area contributed by atoms with Crippen LogP contribution in [0.15, 0.2) is 6.20 Å². The Morgan fingerprint density at radius 1 is 1.62 bits per heavy atom. The van der Waals surface area contributed by atoms with Gasteiger partial charge in [0, 0.05) is 43.3 Å². The third kappa shape index (κ3) is 4.86. The number of carbonyl (C=O) groups excluding carboxylic acids is 1. The number of carbonyl (C=O) groups is 1. The zero-order valence-electron chi connectivity index (χ0n) is 12.8. The quantitative estimate of drug-likeness (QED) is 0.772. The van der Waals surface area contributed by atoms with Crippen LogP contribution in [0.4, 0.5) is 9.93 Å². The van der Waals surface area contributed by atoms with Crippen molar-refractivity contribution >= 4 is 22.5 Å². The van der Waals surface area contributed by atoms with Crippen LogP contribution in [0, 0.1) is 5.92 Å². The molecule has 1 aromatic heterocycles. The molecule has 2 heterocycles. The fourth-order valence-electron chi connectivity index (χ4n) is 2.66. The second-order valence-corrected chi connectivity index (χ2v) is 6.82. The summed E-state index contributed by atoms with van der Waals surface area (Å²) < 4.78 is 0. The van der Waals surface area contributed by atoms with Gasteiger partial charge in [0.2, 0.25) is 0 Å². The molecule has 2 rings (SSSR count). The van der Waals surface area contributed by atoms with Gasteiger partial charge in [-0.2, -0.15) is 0 Å². The standard InChI is InChI=1S/C14H25N5OS/c1-3-5-16-14(20)18-12-4-6-19(8-10(12)2)9-11-7-17-13(15)21-11/h7,10,12H,3-6,8-9H2,1-2H3,(H2,15,17)(H2,16,18,20). The number of nitrogens with two attached hydrogens (primary N) is 1. The first-order chi connectivity index (χ1) is 10.1. The van der Waals surface area contributed by atoms with Crippen molar-refractivity contribution in [3.63, 3.8) is 0 Å². The van der Waals surface area contributed by atoms with Crippen LogP contribution >= 0.6 is 11.3 Å². The maximum Gasteiger partial charge on any atom is 0.315 e. The molecule has 7 heteroatoms. The molecule has 0 spiro atoms. The molecular formula is C14H25N5OS. The number of hydrogen-bond acceptors (Lipinski definition) is 5. The third-order valence-corrected chi connectivity index (χ3v) is 4.60. The number of aromatic nitrogens is 1. The van der Waals surface area contributed by atoms with Crippen molar-refractivity contribution in [2.45, 2.75) is 39.3 Å². The summed E-state index contributed by atoms with van der Waals surface area (Å²) in [7, 11) is 0. The fraction of sp³-hybridized carbons (Fsp3) is 0.714. The zero-order valence-corrected chi connectivity index (χ0v) is 13.6. The monoisotopic (exact) mass is 311 g/mol. The maximum atomic E-state index is 11.7. The molecule has 0 aliphatic carbocycles. The molecule has 6 nitrogen and oxygen atoms in total. The van der Waals surface area contributed by atoms with Gasteiger partial charge >= 0.3 is 6.03 Å². The van der Waals surface area contributed by atoms with Gasteiger partial charge in [-0.05, 0) is 18.8 Å². The van der Waals surface area contributed by atoms with Crippen molar-refractivity contribution in [2.75, 3.05) is 25.4 Å². The summed E-state index contributed by atoms with van der Waals surface area (Å²) in [6, 6.07) is 0.210. The number of anilines is 1. The Morgan fingerprint density at radius 3 is 3.05 bits per heavy atom.